The van der Waals surface area contributed by atoms with Gasteiger partial charge in [0, 0.05) is 3.57 Å². The first-order valence-electron chi connectivity index (χ1n) is 4.76. The fourth-order valence-electron chi connectivity index (χ4n) is 1.19. The highest BCUT2D eigenvalue weighted by Gasteiger charge is 2.11. The van der Waals surface area contributed by atoms with E-state index in [1.165, 1.54) is 6.08 Å². The number of amides is 1. The lowest BCUT2D eigenvalue weighted by atomic mass is 10.2. The fraction of sp³-hybridized carbons (Fsp3) is 0.167. The molecule has 0 aliphatic rings. The highest BCUT2D eigenvalue weighted by Crippen LogP contribution is 2.13. The third-order valence-electron chi connectivity index (χ3n) is 1.98. The molecule has 1 rings (SSSR count). The van der Waals surface area contributed by atoms with E-state index >= 15 is 0 Å². The van der Waals surface area contributed by atoms with Crippen molar-refractivity contribution in [2.75, 3.05) is 0 Å². The quantitative estimate of drug-likeness (QED) is 0.371. The predicted molar refractivity (Wildman–Crippen MR) is 70.1 cm³/mol. The third kappa shape index (κ3) is 3.35. The Kier molecular flexibility index (Phi) is 4.99. The van der Waals surface area contributed by atoms with E-state index in [9.17, 15) is 4.79 Å². The molecule has 82 valence electrons. The molecule has 4 heteroatoms. The van der Waals surface area contributed by atoms with Gasteiger partial charge in [0.2, 0.25) is 0 Å². The first-order valence-corrected chi connectivity index (χ1v) is 5.84. The highest BCUT2D eigenvalue weighted by molar-refractivity contribution is 14.1. The van der Waals surface area contributed by atoms with Gasteiger partial charge in [0.1, 0.15) is 0 Å². The van der Waals surface area contributed by atoms with E-state index in [1.54, 1.807) is 13.0 Å². The van der Waals surface area contributed by atoms with Gasteiger partial charge in [-0.1, -0.05) is 24.3 Å². The van der Waals surface area contributed by atoms with E-state index in [1.807, 2.05) is 30.5 Å². The largest absolute Gasteiger partial charge is 0.269 e. The van der Waals surface area contributed by atoms with Gasteiger partial charge < -0.3 is 0 Å². The number of halogens is 1. The fourth-order valence-corrected chi connectivity index (χ4v) is 1.75. The smallest absolute Gasteiger partial charge is 0.259 e. The molecule has 0 bridgehead atoms. The lowest BCUT2D eigenvalue weighted by Gasteiger charge is -2.12. The van der Waals surface area contributed by atoms with Crippen LogP contribution in [-0.2, 0) is 11.3 Å². The van der Waals surface area contributed by atoms with E-state index in [-0.39, 0.29) is 5.91 Å². The van der Waals surface area contributed by atoms with Gasteiger partial charge in [0.25, 0.3) is 5.91 Å². The molecule has 0 N–H and O–H groups in total. The van der Waals surface area contributed by atoms with Crippen LogP contribution in [0.2, 0.25) is 0 Å². The van der Waals surface area contributed by atoms with E-state index < -0.39 is 0 Å². The molecule has 0 saturated heterocycles. The first-order chi connectivity index (χ1) is 7.69. The molecule has 0 atom stereocenters. The summed E-state index contributed by atoms with van der Waals surface area (Å²) in [5.41, 5.74) is 0.975. The van der Waals surface area contributed by atoms with Gasteiger partial charge in [-0.2, -0.15) is 5.26 Å². The molecule has 1 aromatic carbocycles. The second kappa shape index (κ2) is 6.28. The summed E-state index contributed by atoms with van der Waals surface area (Å²) in [7, 11) is 0. The summed E-state index contributed by atoms with van der Waals surface area (Å²) in [6.07, 6.45) is 4.91. The summed E-state index contributed by atoms with van der Waals surface area (Å²) in [5, 5.41) is 8.89. The SMILES string of the molecule is C/C=C/C(=O)N(C#N)Cc1ccccc1I. The first kappa shape index (κ1) is 12.7. The van der Waals surface area contributed by atoms with Crippen molar-refractivity contribution in [3.8, 4) is 6.19 Å². The molecule has 1 amide bonds. The van der Waals surface area contributed by atoms with Crippen molar-refractivity contribution in [1.29, 1.82) is 5.26 Å². The summed E-state index contributed by atoms with van der Waals surface area (Å²) in [6, 6.07) is 7.68. The summed E-state index contributed by atoms with van der Waals surface area (Å²) in [4.78, 5) is 12.6. The maximum absolute atomic E-state index is 11.5. The molecular formula is C12H11IN2O. The summed E-state index contributed by atoms with van der Waals surface area (Å²) in [5.74, 6) is -0.287. The number of carbonyl (C=O) groups is 1. The maximum Gasteiger partial charge on any atom is 0.259 e. The monoisotopic (exact) mass is 326 g/mol. The van der Waals surface area contributed by atoms with Gasteiger partial charge in [-0.15, -0.1) is 0 Å². The van der Waals surface area contributed by atoms with Gasteiger partial charge in [-0.05, 0) is 47.2 Å². The Balaban J connectivity index is 2.83. The van der Waals surface area contributed by atoms with E-state index in [4.69, 9.17) is 5.26 Å². The predicted octanol–water partition coefficient (Wildman–Crippen LogP) is 2.68. The van der Waals surface area contributed by atoms with Crippen molar-refractivity contribution in [2.24, 2.45) is 0 Å². The molecule has 0 unspecified atom stereocenters. The van der Waals surface area contributed by atoms with Crippen molar-refractivity contribution in [2.45, 2.75) is 13.5 Å². The van der Waals surface area contributed by atoms with Gasteiger partial charge >= 0.3 is 0 Å². The van der Waals surface area contributed by atoms with Crippen molar-refractivity contribution in [1.82, 2.24) is 4.90 Å². The van der Waals surface area contributed by atoms with Crippen LogP contribution < -0.4 is 0 Å². The van der Waals surface area contributed by atoms with Crippen LogP contribution in [-0.4, -0.2) is 10.8 Å². The number of nitrogens with zero attached hydrogens (tertiary/aromatic N) is 2. The molecule has 1 aromatic rings. The highest BCUT2D eigenvalue weighted by atomic mass is 127. The number of benzene rings is 1. The average molecular weight is 326 g/mol. The van der Waals surface area contributed by atoms with Crippen molar-refractivity contribution in [3.05, 3.63) is 45.6 Å². The molecule has 0 aliphatic heterocycles. The molecule has 0 heterocycles. The van der Waals surface area contributed by atoms with Crippen molar-refractivity contribution < 1.29 is 4.79 Å². The second-order valence-corrected chi connectivity index (χ2v) is 4.28. The number of carbonyl (C=O) groups excluding carboxylic acids is 1. The zero-order valence-electron chi connectivity index (χ0n) is 8.85. The average Bonchev–Trinajstić information content (AvgIpc) is 2.28. The number of hydrogen-bond acceptors (Lipinski definition) is 2. The zero-order valence-corrected chi connectivity index (χ0v) is 11.0. The van der Waals surface area contributed by atoms with Crippen LogP contribution in [0.3, 0.4) is 0 Å². The van der Waals surface area contributed by atoms with E-state index in [0.29, 0.717) is 6.54 Å². The van der Waals surface area contributed by atoms with Gasteiger partial charge in [0.15, 0.2) is 6.19 Å². The second-order valence-electron chi connectivity index (χ2n) is 3.12. The standard InChI is InChI=1S/C12H11IN2O/c1-2-5-12(16)15(9-14)8-10-6-3-4-7-11(10)13/h2-7H,8H2,1H3/b5-2+. The summed E-state index contributed by atoms with van der Waals surface area (Å²) in [6.45, 7) is 2.07. The number of allylic oxidation sites excluding steroid dienone is 1. The molecule has 0 aliphatic carbocycles. The van der Waals surface area contributed by atoms with Crippen LogP contribution in [0.5, 0.6) is 0 Å². The van der Waals surface area contributed by atoms with Crippen molar-refractivity contribution in [3.63, 3.8) is 0 Å². The van der Waals surface area contributed by atoms with E-state index in [2.05, 4.69) is 22.6 Å². The van der Waals surface area contributed by atoms with Crippen LogP contribution in [0, 0.1) is 15.0 Å². The van der Waals surface area contributed by atoms with Crippen molar-refractivity contribution >= 4 is 28.5 Å². The topological polar surface area (TPSA) is 44.1 Å². The molecule has 0 aromatic heterocycles. The summed E-state index contributed by atoms with van der Waals surface area (Å²) >= 11 is 2.19. The van der Waals surface area contributed by atoms with Crippen LogP contribution in [0.25, 0.3) is 0 Å². The minimum Gasteiger partial charge on any atom is -0.269 e. The molecule has 16 heavy (non-hydrogen) atoms. The van der Waals surface area contributed by atoms with Crippen LogP contribution in [0.4, 0.5) is 0 Å². The minimum atomic E-state index is -0.287. The Hall–Kier alpha value is -1.35. The summed E-state index contributed by atoms with van der Waals surface area (Å²) < 4.78 is 1.05. The molecular weight excluding hydrogens is 315 g/mol. The maximum atomic E-state index is 11.5. The Morgan fingerprint density at radius 1 is 1.56 bits per heavy atom. The molecule has 0 spiro atoms. The molecule has 0 fully saturated rings. The molecule has 0 radical (unpaired) electrons. The third-order valence-corrected chi connectivity index (χ3v) is 3.03. The van der Waals surface area contributed by atoms with Crippen LogP contribution in [0.1, 0.15) is 12.5 Å². The number of nitriles is 1. The minimum absolute atomic E-state index is 0.287. The zero-order chi connectivity index (χ0) is 12.0. The van der Waals surface area contributed by atoms with Crippen LogP contribution >= 0.6 is 22.6 Å². The number of rotatable bonds is 3. The number of hydrogen-bond donors (Lipinski definition) is 0. The molecule has 0 saturated carbocycles. The Labute approximate surface area is 109 Å². The van der Waals surface area contributed by atoms with Gasteiger partial charge in [0.05, 0.1) is 6.54 Å². The lowest BCUT2D eigenvalue weighted by Crippen LogP contribution is -2.23. The lowest BCUT2D eigenvalue weighted by molar-refractivity contribution is -0.123. The van der Waals surface area contributed by atoms with Gasteiger partial charge in [-0.3, -0.25) is 4.79 Å². The Bertz CT molecular complexity index is 449. The normalized spacial score (nSPS) is 10.1. The van der Waals surface area contributed by atoms with Crippen LogP contribution in [0.15, 0.2) is 36.4 Å². The van der Waals surface area contributed by atoms with Gasteiger partial charge in [-0.25, -0.2) is 4.90 Å². The molecule has 3 nitrogen and oxygen atoms in total. The Morgan fingerprint density at radius 3 is 2.81 bits per heavy atom. The van der Waals surface area contributed by atoms with E-state index in [0.717, 1.165) is 14.0 Å². The Morgan fingerprint density at radius 2 is 2.25 bits per heavy atom.